The van der Waals surface area contributed by atoms with E-state index in [-0.39, 0.29) is 5.91 Å². The molecule has 29 heavy (non-hydrogen) atoms. The zero-order valence-corrected chi connectivity index (χ0v) is 16.5. The van der Waals surface area contributed by atoms with Gasteiger partial charge in [0.15, 0.2) is 5.69 Å². The molecule has 1 atom stereocenters. The lowest BCUT2D eigenvalue weighted by Gasteiger charge is -2.09. The van der Waals surface area contributed by atoms with Crippen LogP contribution in [0.15, 0.2) is 48.5 Å². The number of hydrogen-bond donors (Lipinski definition) is 2. The third-order valence-electron chi connectivity index (χ3n) is 5.53. The third kappa shape index (κ3) is 3.53. The summed E-state index contributed by atoms with van der Waals surface area (Å²) in [6.07, 6.45) is 2.77. The van der Waals surface area contributed by atoms with Crippen LogP contribution >= 0.6 is 0 Å². The fourth-order valence-corrected chi connectivity index (χ4v) is 3.81. The summed E-state index contributed by atoms with van der Waals surface area (Å²) < 4.78 is 1.91. The highest BCUT2D eigenvalue weighted by molar-refractivity contribution is 6.04. The number of para-hydroxylation sites is 1. The highest BCUT2D eigenvalue weighted by atomic mass is 16.4. The van der Waals surface area contributed by atoms with Gasteiger partial charge < -0.3 is 10.4 Å². The SMILES string of the molecule is Cc1ccccc1-n1nc(C(=O)Nc2ccc(C(C)C(=O)O)cc2)c2c1CCC2. The van der Waals surface area contributed by atoms with Crippen LogP contribution in [0.25, 0.3) is 5.69 Å². The van der Waals surface area contributed by atoms with Gasteiger partial charge in [-0.25, -0.2) is 4.68 Å². The first kappa shape index (κ1) is 18.9. The Hall–Kier alpha value is -3.41. The minimum absolute atomic E-state index is 0.241. The number of carboxylic acid groups (broad SMARTS) is 1. The second-order valence-corrected chi connectivity index (χ2v) is 7.46. The van der Waals surface area contributed by atoms with Crippen molar-refractivity contribution in [2.75, 3.05) is 5.32 Å². The van der Waals surface area contributed by atoms with Gasteiger partial charge in [-0.3, -0.25) is 9.59 Å². The summed E-state index contributed by atoms with van der Waals surface area (Å²) in [5, 5.41) is 16.7. The van der Waals surface area contributed by atoms with E-state index in [1.165, 1.54) is 0 Å². The van der Waals surface area contributed by atoms with Gasteiger partial charge in [0.05, 0.1) is 11.6 Å². The highest BCUT2D eigenvalue weighted by Crippen LogP contribution is 2.29. The fourth-order valence-electron chi connectivity index (χ4n) is 3.81. The number of aromatic nitrogens is 2. The van der Waals surface area contributed by atoms with Crippen molar-refractivity contribution >= 4 is 17.6 Å². The Labute approximate surface area is 169 Å². The lowest BCUT2D eigenvalue weighted by atomic mass is 10.0. The molecule has 4 rings (SSSR count). The Morgan fingerprint density at radius 3 is 2.52 bits per heavy atom. The number of nitrogens with zero attached hydrogens (tertiary/aromatic N) is 2. The van der Waals surface area contributed by atoms with Gasteiger partial charge in [0, 0.05) is 16.9 Å². The number of benzene rings is 2. The van der Waals surface area contributed by atoms with Crippen LogP contribution in [0.3, 0.4) is 0 Å². The van der Waals surface area contributed by atoms with Gasteiger partial charge >= 0.3 is 5.97 Å². The molecule has 0 bridgehead atoms. The van der Waals surface area contributed by atoms with E-state index in [0.29, 0.717) is 16.9 Å². The Bertz CT molecular complexity index is 1080. The molecule has 148 valence electrons. The number of carboxylic acids is 1. The number of aliphatic carboxylic acids is 1. The number of hydrogen-bond acceptors (Lipinski definition) is 3. The van der Waals surface area contributed by atoms with E-state index in [2.05, 4.69) is 10.4 Å². The summed E-state index contributed by atoms with van der Waals surface area (Å²) in [7, 11) is 0. The molecule has 2 N–H and O–H groups in total. The van der Waals surface area contributed by atoms with Crippen molar-refractivity contribution < 1.29 is 14.7 Å². The summed E-state index contributed by atoms with van der Waals surface area (Å²) in [5.74, 6) is -1.71. The number of carbonyl (C=O) groups excluding carboxylic acids is 1. The zero-order valence-electron chi connectivity index (χ0n) is 16.5. The van der Waals surface area contributed by atoms with Crippen molar-refractivity contribution in [1.29, 1.82) is 0 Å². The van der Waals surface area contributed by atoms with Gasteiger partial charge in [-0.05, 0) is 62.4 Å². The molecule has 1 unspecified atom stereocenters. The molecule has 0 saturated heterocycles. The molecule has 1 aliphatic rings. The van der Waals surface area contributed by atoms with E-state index in [0.717, 1.165) is 41.8 Å². The Kier molecular flexibility index (Phi) is 4.92. The number of rotatable bonds is 5. The van der Waals surface area contributed by atoms with Crippen molar-refractivity contribution in [2.45, 2.75) is 39.0 Å². The standard InChI is InChI=1S/C23H23N3O3/c1-14-6-3-4-8-19(14)26-20-9-5-7-18(20)21(25-26)22(27)24-17-12-10-16(11-13-17)15(2)23(28)29/h3-4,6,8,10-13,15H,5,7,9H2,1-2H3,(H,24,27)(H,28,29). The Balaban J connectivity index is 1.61. The molecular formula is C23H23N3O3. The second-order valence-electron chi connectivity index (χ2n) is 7.46. The van der Waals surface area contributed by atoms with Gasteiger partial charge in [-0.2, -0.15) is 5.10 Å². The maximum Gasteiger partial charge on any atom is 0.310 e. The van der Waals surface area contributed by atoms with Crippen LogP contribution in [-0.2, 0) is 17.6 Å². The number of fused-ring (bicyclic) bond motifs is 1. The molecule has 3 aromatic rings. The van der Waals surface area contributed by atoms with E-state index in [9.17, 15) is 9.59 Å². The Morgan fingerprint density at radius 2 is 1.83 bits per heavy atom. The smallest absolute Gasteiger partial charge is 0.310 e. The van der Waals surface area contributed by atoms with E-state index >= 15 is 0 Å². The maximum atomic E-state index is 12.9. The van der Waals surface area contributed by atoms with E-state index in [4.69, 9.17) is 5.11 Å². The van der Waals surface area contributed by atoms with Crippen LogP contribution in [0, 0.1) is 6.92 Å². The largest absolute Gasteiger partial charge is 0.481 e. The summed E-state index contributed by atoms with van der Waals surface area (Å²) in [4.78, 5) is 24.1. The normalized spacial score (nSPS) is 13.7. The first-order valence-corrected chi connectivity index (χ1v) is 9.76. The number of carbonyl (C=O) groups is 2. The Morgan fingerprint density at radius 1 is 1.10 bits per heavy atom. The summed E-state index contributed by atoms with van der Waals surface area (Å²) in [6.45, 7) is 3.68. The molecule has 0 spiro atoms. The van der Waals surface area contributed by atoms with Crippen LogP contribution in [0.5, 0.6) is 0 Å². The highest BCUT2D eigenvalue weighted by Gasteiger charge is 2.27. The predicted molar refractivity (Wildman–Crippen MR) is 111 cm³/mol. The summed E-state index contributed by atoms with van der Waals surface area (Å²) in [5.41, 5.74) is 6.01. The zero-order chi connectivity index (χ0) is 20.5. The van der Waals surface area contributed by atoms with Gasteiger partial charge in [-0.15, -0.1) is 0 Å². The lowest BCUT2D eigenvalue weighted by molar-refractivity contribution is -0.138. The van der Waals surface area contributed by atoms with E-state index in [1.807, 2.05) is 35.9 Å². The molecule has 0 fully saturated rings. The summed E-state index contributed by atoms with van der Waals surface area (Å²) >= 11 is 0. The van der Waals surface area contributed by atoms with Crippen molar-refractivity contribution in [3.05, 3.63) is 76.6 Å². The van der Waals surface area contributed by atoms with E-state index in [1.54, 1.807) is 31.2 Å². The van der Waals surface area contributed by atoms with Crippen molar-refractivity contribution in [2.24, 2.45) is 0 Å². The molecule has 0 aliphatic heterocycles. The lowest BCUT2D eigenvalue weighted by Crippen LogP contribution is -2.15. The molecule has 2 aromatic carbocycles. The van der Waals surface area contributed by atoms with Crippen LogP contribution in [0.4, 0.5) is 5.69 Å². The fraction of sp³-hybridized carbons (Fsp3) is 0.261. The first-order chi connectivity index (χ1) is 14.0. The minimum Gasteiger partial charge on any atom is -0.481 e. The number of nitrogens with one attached hydrogen (secondary N) is 1. The molecular weight excluding hydrogens is 366 g/mol. The molecule has 1 aromatic heterocycles. The number of aryl methyl sites for hydroxylation is 1. The van der Waals surface area contributed by atoms with Gasteiger partial charge in [0.25, 0.3) is 5.91 Å². The predicted octanol–water partition coefficient (Wildman–Crippen LogP) is 4.11. The van der Waals surface area contributed by atoms with Crippen LogP contribution in [0.1, 0.15) is 52.1 Å². The molecule has 6 heteroatoms. The number of amides is 1. The first-order valence-electron chi connectivity index (χ1n) is 9.76. The third-order valence-corrected chi connectivity index (χ3v) is 5.53. The molecule has 1 heterocycles. The molecule has 0 saturated carbocycles. The van der Waals surface area contributed by atoms with Gasteiger partial charge in [-0.1, -0.05) is 30.3 Å². The quantitative estimate of drug-likeness (QED) is 0.688. The van der Waals surface area contributed by atoms with Crippen molar-refractivity contribution in [3.8, 4) is 5.69 Å². The monoisotopic (exact) mass is 389 g/mol. The summed E-state index contributed by atoms with van der Waals surface area (Å²) in [6, 6.07) is 14.9. The van der Waals surface area contributed by atoms with E-state index < -0.39 is 11.9 Å². The van der Waals surface area contributed by atoms with Crippen LogP contribution in [0.2, 0.25) is 0 Å². The number of anilines is 1. The molecule has 1 amide bonds. The van der Waals surface area contributed by atoms with Gasteiger partial charge in [0.1, 0.15) is 0 Å². The molecule has 6 nitrogen and oxygen atoms in total. The molecule has 0 radical (unpaired) electrons. The average Bonchev–Trinajstić information content (AvgIpc) is 3.31. The minimum atomic E-state index is -0.876. The van der Waals surface area contributed by atoms with Crippen molar-refractivity contribution in [3.63, 3.8) is 0 Å². The van der Waals surface area contributed by atoms with Crippen LogP contribution < -0.4 is 5.32 Å². The second kappa shape index (κ2) is 7.54. The average molecular weight is 389 g/mol. The van der Waals surface area contributed by atoms with Gasteiger partial charge in [0.2, 0.25) is 0 Å². The maximum absolute atomic E-state index is 12.9. The topological polar surface area (TPSA) is 84.2 Å². The van der Waals surface area contributed by atoms with Crippen molar-refractivity contribution in [1.82, 2.24) is 9.78 Å². The molecule has 1 aliphatic carbocycles. The van der Waals surface area contributed by atoms with Crippen LogP contribution in [-0.4, -0.2) is 26.8 Å².